The Kier molecular flexibility index (Phi) is 7.17. The highest BCUT2D eigenvalue weighted by Gasteiger charge is 2.50. The number of hydrogen-bond donors (Lipinski definition) is 1. The molecule has 6 nitrogen and oxygen atoms in total. The minimum Gasteiger partial charge on any atom is -0.311 e. The summed E-state index contributed by atoms with van der Waals surface area (Å²) >= 11 is 0. The Hall–Kier alpha value is -2.54. The molecule has 0 spiro atoms. The first-order valence-electron chi connectivity index (χ1n) is 14.1. The summed E-state index contributed by atoms with van der Waals surface area (Å²) in [6.07, 6.45) is 9.85. The fourth-order valence-corrected chi connectivity index (χ4v) is 7.07. The molecule has 36 heavy (non-hydrogen) atoms. The van der Waals surface area contributed by atoms with E-state index in [9.17, 15) is 0 Å². The second kappa shape index (κ2) is 10.8. The molecule has 6 heteroatoms. The number of quaternary nitrogens is 1. The summed E-state index contributed by atoms with van der Waals surface area (Å²) in [5.74, 6) is 1.12. The number of nitrogens with one attached hydrogen (secondary N) is 1. The van der Waals surface area contributed by atoms with Gasteiger partial charge in [0.25, 0.3) is 0 Å². The molecule has 3 aliphatic rings. The summed E-state index contributed by atoms with van der Waals surface area (Å²) in [5, 5.41) is 13.0. The molecule has 2 atom stereocenters. The van der Waals surface area contributed by atoms with Gasteiger partial charge in [0.05, 0.1) is 19.6 Å². The average molecular weight is 486 g/mol. The van der Waals surface area contributed by atoms with E-state index >= 15 is 0 Å². The maximum Gasteiger partial charge on any atom is 0.196 e. The molecule has 1 N–H and O–H groups in total. The van der Waals surface area contributed by atoms with Crippen molar-refractivity contribution in [3.8, 4) is 0 Å². The summed E-state index contributed by atoms with van der Waals surface area (Å²) in [4.78, 5) is 2.62. The van der Waals surface area contributed by atoms with Gasteiger partial charge in [-0.05, 0) is 37.1 Å². The quantitative estimate of drug-likeness (QED) is 0.481. The van der Waals surface area contributed by atoms with Crippen LogP contribution in [0.1, 0.15) is 67.1 Å². The van der Waals surface area contributed by atoms with Crippen molar-refractivity contribution in [1.29, 1.82) is 0 Å². The van der Waals surface area contributed by atoms with E-state index in [1.807, 2.05) is 6.33 Å². The third-order valence-electron chi connectivity index (χ3n) is 8.91. The molecular formula is C30H41N6+. The van der Waals surface area contributed by atoms with Crippen LogP contribution in [0, 0.1) is 0 Å². The minimum absolute atomic E-state index is 0.215. The highest BCUT2D eigenvalue weighted by Crippen LogP contribution is 2.42. The smallest absolute Gasteiger partial charge is 0.196 e. The molecule has 3 fully saturated rings. The van der Waals surface area contributed by atoms with E-state index < -0.39 is 0 Å². The number of hydrogen-bond acceptors (Lipinski definition) is 4. The molecule has 0 saturated carbocycles. The molecule has 3 aliphatic heterocycles. The van der Waals surface area contributed by atoms with Gasteiger partial charge < -0.3 is 14.4 Å². The van der Waals surface area contributed by atoms with E-state index in [0.717, 1.165) is 36.5 Å². The third kappa shape index (κ3) is 4.86. The van der Waals surface area contributed by atoms with Crippen molar-refractivity contribution in [2.24, 2.45) is 0 Å². The fourth-order valence-electron chi connectivity index (χ4n) is 7.07. The van der Waals surface area contributed by atoms with Crippen molar-refractivity contribution in [3.63, 3.8) is 0 Å². The summed E-state index contributed by atoms with van der Waals surface area (Å²) < 4.78 is 3.42. The van der Waals surface area contributed by atoms with E-state index in [1.165, 1.54) is 81.4 Å². The second-order valence-corrected chi connectivity index (χ2v) is 11.2. The molecule has 0 radical (unpaired) electrons. The third-order valence-corrected chi connectivity index (χ3v) is 8.91. The van der Waals surface area contributed by atoms with Crippen molar-refractivity contribution in [2.75, 3.05) is 39.3 Å². The zero-order chi connectivity index (χ0) is 24.2. The number of aromatic nitrogens is 3. The lowest BCUT2D eigenvalue weighted by Crippen LogP contribution is -2.57. The monoisotopic (exact) mass is 485 g/mol. The molecule has 0 amide bonds. The number of likely N-dealkylation sites (tertiary alicyclic amines) is 2. The number of piperidine rings is 1. The highest BCUT2D eigenvalue weighted by atomic mass is 15.5. The zero-order valence-corrected chi connectivity index (χ0v) is 21.6. The normalized spacial score (nSPS) is 23.2. The van der Waals surface area contributed by atoms with Crippen LogP contribution in [-0.2, 0) is 13.1 Å². The van der Waals surface area contributed by atoms with Crippen molar-refractivity contribution >= 4 is 0 Å². The topological polar surface area (TPSA) is 46.0 Å². The van der Waals surface area contributed by atoms with Crippen molar-refractivity contribution in [2.45, 2.75) is 63.7 Å². The highest BCUT2D eigenvalue weighted by molar-refractivity contribution is 5.28. The van der Waals surface area contributed by atoms with Crippen LogP contribution in [0.15, 0.2) is 60.9 Å². The van der Waals surface area contributed by atoms with Crippen molar-refractivity contribution in [1.82, 2.24) is 25.0 Å². The van der Waals surface area contributed by atoms with E-state index in [2.05, 4.69) is 74.5 Å². The minimum atomic E-state index is 0.215. The molecule has 0 aliphatic carbocycles. The van der Waals surface area contributed by atoms with Crippen LogP contribution in [0.4, 0.5) is 0 Å². The Morgan fingerprint density at radius 2 is 1.61 bits per heavy atom. The fraction of sp³-hybridized carbons (Fsp3) is 0.533. The van der Waals surface area contributed by atoms with Gasteiger partial charge in [-0.15, -0.1) is 10.2 Å². The average Bonchev–Trinajstić information content (AvgIpc) is 3.70. The van der Waals surface area contributed by atoms with Gasteiger partial charge in [-0.3, -0.25) is 4.90 Å². The summed E-state index contributed by atoms with van der Waals surface area (Å²) in [6, 6.07) is 21.2. The Morgan fingerprint density at radius 1 is 0.861 bits per heavy atom. The summed E-state index contributed by atoms with van der Waals surface area (Å²) in [7, 11) is 0. The Labute approximate surface area is 215 Å². The molecule has 2 aromatic carbocycles. The molecular weight excluding hydrogens is 444 g/mol. The lowest BCUT2D eigenvalue weighted by Gasteiger charge is -2.45. The number of rotatable bonds is 8. The first kappa shape index (κ1) is 23.8. The van der Waals surface area contributed by atoms with Gasteiger partial charge in [-0.25, -0.2) is 0 Å². The van der Waals surface area contributed by atoms with Gasteiger partial charge in [0.15, 0.2) is 11.9 Å². The molecule has 3 aromatic rings. The maximum atomic E-state index is 4.83. The number of nitrogens with zero attached hydrogens (tertiary/aromatic N) is 5. The predicted molar refractivity (Wildman–Crippen MR) is 143 cm³/mol. The second-order valence-electron chi connectivity index (χ2n) is 11.2. The van der Waals surface area contributed by atoms with Crippen LogP contribution in [0.5, 0.6) is 0 Å². The van der Waals surface area contributed by atoms with Crippen LogP contribution < -0.4 is 5.32 Å². The standard InChI is InChI=1S/C30H41N6/c1-3-9-25(10-4-1)23-35-24-32-33-30(35)29(36(19-7-8-20-36)28-15-16-31-21-28)27-13-11-26(12-14-27)22-34-17-5-2-6-18-34/h1,3-4,9-14,24,28-29,31H,2,5-8,15-23H2/q+1. The summed E-state index contributed by atoms with van der Waals surface area (Å²) in [5.41, 5.74) is 4.12. The van der Waals surface area contributed by atoms with Gasteiger partial charge in [0.2, 0.25) is 0 Å². The summed E-state index contributed by atoms with van der Waals surface area (Å²) in [6.45, 7) is 9.05. The van der Waals surface area contributed by atoms with Crippen molar-refractivity contribution in [3.05, 3.63) is 83.4 Å². The lowest BCUT2D eigenvalue weighted by atomic mass is 9.96. The van der Waals surface area contributed by atoms with E-state index in [-0.39, 0.29) is 6.04 Å². The van der Waals surface area contributed by atoms with Crippen LogP contribution in [-0.4, -0.2) is 69.5 Å². The molecule has 190 valence electrons. The Bertz CT molecular complexity index is 1090. The number of benzene rings is 2. The van der Waals surface area contributed by atoms with Crippen LogP contribution in [0.2, 0.25) is 0 Å². The largest absolute Gasteiger partial charge is 0.311 e. The van der Waals surface area contributed by atoms with Crippen LogP contribution in [0.3, 0.4) is 0 Å². The van der Waals surface area contributed by atoms with E-state index in [0.29, 0.717) is 6.04 Å². The SMILES string of the molecule is c1ccc(Cn2cnnc2C(c2ccc(CN3CCCCC3)cc2)[N+]2(C3CCNC3)CCCC2)cc1. The molecule has 3 saturated heterocycles. The van der Waals surface area contributed by atoms with Crippen molar-refractivity contribution < 1.29 is 4.48 Å². The van der Waals surface area contributed by atoms with E-state index in [1.54, 1.807) is 0 Å². The van der Waals surface area contributed by atoms with Gasteiger partial charge in [-0.1, -0.05) is 61.0 Å². The molecule has 4 heterocycles. The van der Waals surface area contributed by atoms with Gasteiger partial charge in [0, 0.05) is 44.5 Å². The van der Waals surface area contributed by atoms with Gasteiger partial charge >= 0.3 is 0 Å². The zero-order valence-electron chi connectivity index (χ0n) is 21.6. The molecule has 1 aromatic heterocycles. The Balaban J connectivity index is 1.36. The van der Waals surface area contributed by atoms with Crippen LogP contribution >= 0.6 is 0 Å². The maximum absolute atomic E-state index is 4.83. The molecule has 6 rings (SSSR count). The molecule has 2 unspecified atom stereocenters. The predicted octanol–water partition coefficient (Wildman–Crippen LogP) is 4.37. The van der Waals surface area contributed by atoms with Gasteiger partial charge in [0.1, 0.15) is 12.4 Å². The lowest BCUT2D eigenvalue weighted by molar-refractivity contribution is -0.962. The Morgan fingerprint density at radius 3 is 2.33 bits per heavy atom. The molecule has 0 bridgehead atoms. The first-order valence-corrected chi connectivity index (χ1v) is 14.1. The first-order chi connectivity index (χ1) is 17.8. The van der Waals surface area contributed by atoms with E-state index in [4.69, 9.17) is 5.10 Å². The van der Waals surface area contributed by atoms with Gasteiger partial charge in [-0.2, -0.15) is 0 Å². The van der Waals surface area contributed by atoms with Crippen LogP contribution in [0.25, 0.3) is 0 Å².